The molecule has 0 aliphatic rings. The maximum Gasteiger partial charge on any atom is 0.191 e. The van der Waals surface area contributed by atoms with Crippen LogP contribution < -0.4 is 10.6 Å². The van der Waals surface area contributed by atoms with Crippen LogP contribution in [0.25, 0.3) is 0 Å². The number of hydrogen-bond acceptors (Lipinski definition) is 4. The van der Waals surface area contributed by atoms with Crippen molar-refractivity contribution in [2.24, 2.45) is 12.0 Å². The van der Waals surface area contributed by atoms with Crippen LogP contribution in [0.2, 0.25) is 0 Å². The summed E-state index contributed by atoms with van der Waals surface area (Å²) >= 11 is 1.76. The molecule has 2 aromatic heterocycles. The van der Waals surface area contributed by atoms with E-state index >= 15 is 0 Å². The van der Waals surface area contributed by atoms with E-state index in [2.05, 4.69) is 51.0 Å². The quantitative estimate of drug-likeness (QED) is 0.646. The van der Waals surface area contributed by atoms with E-state index in [1.54, 1.807) is 22.3 Å². The smallest absolute Gasteiger partial charge is 0.191 e. The molecular formula is C13H20N6S. The third-order valence-corrected chi connectivity index (χ3v) is 3.94. The first-order chi connectivity index (χ1) is 9.70. The molecule has 0 amide bonds. The first-order valence-electron chi connectivity index (χ1n) is 6.58. The van der Waals surface area contributed by atoms with Crippen molar-refractivity contribution in [1.82, 2.24) is 25.4 Å². The highest BCUT2D eigenvalue weighted by Crippen LogP contribution is 2.14. The van der Waals surface area contributed by atoms with Gasteiger partial charge in [0.05, 0.1) is 6.54 Å². The lowest BCUT2D eigenvalue weighted by Gasteiger charge is -2.10. The minimum Gasteiger partial charge on any atom is -0.357 e. The SMILES string of the molecule is CCNC(=NCc1ncnn1C)NCc1sccc1C. The van der Waals surface area contributed by atoms with E-state index in [0.29, 0.717) is 6.54 Å². The lowest BCUT2D eigenvalue weighted by Crippen LogP contribution is -2.36. The highest BCUT2D eigenvalue weighted by atomic mass is 32.1. The van der Waals surface area contributed by atoms with Crippen molar-refractivity contribution in [3.8, 4) is 0 Å². The summed E-state index contributed by atoms with van der Waals surface area (Å²) in [5, 5.41) is 12.7. The molecule has 2 aromatic rings. The van der Waals surface area contributed by atoms with Gasteiger partial charge in [0.2, 0.25) is 0 Å². The molecule has 0 aliphatic carbocycles. The zero-order valence-corrected chi connectivity index (χ0v) is 12.9. The summed E-state index contributed by atoms with van der Waals surface area (Å²) in [6.07, 6.45) is 1.54. The van der Waals surface area contributed by atoms with Gasteiger partial charge in [-0.3, -0.25) is 4.68 Å². The number of thiophene rings is 1. The fourth-order valence-corrected chi connectivity index (χ4v) is 2.55. The van der Waals surface area contributed by atoms with E-state index in [-0.39, 0.29) is 0 Å². The Morgan fingerprint density at radius 1 is 1.45 bits per heavy atom. The predicted octanol–water partition coefficient (Wildman–Crippen LogP) is 1.44. The van der Waals surface area contributed by atoms with Gasteiger partial charge in [-0.15, -0.1) is 11.3 Å². The lowest BCUT2D eigenvalue weighted by molar-refractivity contribution is 0.697. The van der Waals surface area contributed by atoms with Crippen LogP contribution in [-0.4, -0.2) is 27.3 Å². The summed E-state index contributed by atoms with van der Waals surface area (Å²) in [4.78, 5) is 10.0. The van der Waals surface area contributed by atoms with Gasteiger partial charge in [-0.2, -0.15) is 5.10 Å². The van der Waals surface area contributed by atoms with Crippen molar-refractivity contribution in [1.29, 1.82) is 0 Å². The zero-order chi connectivity index (χ0) is 14.4. The van der Waals surface area contributed by atoms with Crippen LogP contribution in [0.15, 0.2) is 22.8 Å². The normalized spacial score (nSPS) is 11.7. The van der Waals surface area contributed by atoms with Gasteiger partial charge in [0, 0.05) is 18.5 Å². The van der Waals surface area contributed by atoms with Crippen LogP contribution in [0, 0.1) is 6.92 Å². The molecule has 20 heavy (non-hydrogen) atoms. The van der Waals surface area contributed by atoms with Crippen molar-refractivity contribution in [2.75, 3.05) is 6.54 Å². The van der Waals surface area contributed by atoms with Crippen LogP contribution in [-0.2, 0) is 20.1 Å². The Balaban J connectivity index is 1.96. The number of nitrogens with one attached hydrogen (secondary N) is 2. The van der Waals surface area contributed by atoms with Crippen LogP contribution in [0.5, 0.6) is 0 Å². The first kappa shape index (κ1) is 14.5. The first-order valence-corrected chi connectivity index (χ1v) is 7.46. The van der Waals surface area contributed by atoms with Crippen molar-refractivity contribution in [2.45, 2.75) is 26.9 Å². The van der Waals surface area contributed by atoms with Crippen molar-refractivity contribution >= 4 is 17.3 Å². The van der Waals surface area contributed by atoms with E-state index in [1.165, 1.54) is 10.4 Å². The Bertz CT molecular complexity index is 571. The summed E-state index contributed by atoms with van der Waals surface area (Å²) in [5.41, 5.74) is 1.31. The molecule has 2 N–H and O–H groups in total. The molecule has 2 rings (SSSR count). The van der Waals surface area contributed by atoms with Crippen LogP contribution in [0.4, 0.5) is 0 Å². The number of guanidine groups is 1. The molecule has 0 fully saturated rings. The van der Waals surface area contributed by atoms with Crippen LogP contribution in [0.3, 0.4) is 0 Å². The second-order valence-electron chi connectivity index (χ2n) is 4.38. The molecule has 0 bridgehead atoms. The third-order valence-electron chi connectivity index (χ3n) is 2.91. The second-order valence-corrected chi connectivity index (χ2v) is 5.38. The van der Waals surface area contributed by atoms with E-state index in [4.69, 9.17) is 0 Å². The zero-order valence-electron chi connectivity index (χ0n) is 12.1. The Hall–Kier alpha value is -1.89. The minimum atomic E-state index is 0.509. The molecule has 7 heteroatoms. The maximum absolute atomic E-state index is 4.52. The second kappa shape index (κ2) is 7.04. The summed E-state index contributed by atoms with van der Waals surface area (Å²) in [6, 6.07) is 2.13. The van der Waals surface area contributed by atoms with Gasteiger partial charge in [-0.05, 0) is 30.9 Å². The summed E-state index contributed by atoms with van der Waals surface area (Å²) < 4.78 is 1.73. The number of rotatable bonds is 5. The highest BCUT2D eigenvalue weighted by molar-refractivity contribution is 7.10. The molecule has 108 valence electrons. The van der Waals surface area contributed by atoms with E-state index in [9.17, 15) is 0 Å². The van der Waals surface area contributed by atoms with Gasteiger partial charge in [0.15, 0.2) is 5.96 Å². The Kier molecular flexibility index (Phi) is 5.11. The van der Waals surface area contributed by atoms with Gasteiger partial charge in [-0.1, -0.05) is 0 Å². The molecule has 0 unspecified atom stereocenters. The van der Waals surface area contributed by atoms with E-state index in [1.807, 2.05) is 7.05 Å². The number of aliphatic imine (C=N–C) groups is 1. The summed E-state index contributed by atoms with van der Waals surface area (Å²) in [6.45, 7) is 6.30. The topological polar surface area (TPSA) is 67.1 Å². The van der Waals surface area contributed by atoms with Gasteiger partial charge in [-0.25, -0.2) is 9.98 Å². The molecule has 0 aromatic carbocycles. The van der Waals surface area contributed by atoms with Gasteiger partial charge >= 0.3 is 0 Å². The number of aryl methyl sites for hydroxylation is 2. The molecule has 2 heterocycles. The molecule has 0 saturated carbocycles. The average molecular weight is 292 g/mol. The Morgan fingerprint density at radius 2 is 2.30 bits per heavy atom. The Morgan fingerprint density at radius 3 is 2.90 bits per heavy atom. The molecule has 0 spiro atoms. The fraction of sp³-hybridized carbons (Fsp3) is 0.462. The van der Waals surface area contributed by atoms with Gasteiger partial charge in [0.1, 0.15) is 18.7 Å². The van der Waals surface area contributed by atoms with Crippen LogP contribution >= 0.6 is 11.3 Å². The number of hydrogen-bond donors (Lipinski definition) is 2. The van der Waals surface area contributed by atoms with Gasteiger partial charge < -0.3 is 10.6 Å². The van der Waals surface area contributed by atoms with Crippen molar-refractivity contribution < 1.29 is 0 Å². The molecule has 0 radical (unpaired) electrons. The number of nitrogens with zero attached hydrogens (tertiary/aromatic N) is 4. The van der Waals surface area contributed by atoms with Gasteiger partial charge in [0.25, 0.3) is 0 Å². The maximum atomic E-state index is 4.52. The molecule has 0 aliphatic heterocycles. The van der Waals surface area contributed by atoms with Crippen molar-refractivity contribution in [3.05, 3.63) is 34.0 Å². The largest absolute Gasteiger partial charge is 0.357 e. The summed E-state index contributed by atoms with van der Waals surface area (Å²) in [5.74, 6) is 1.64. The lowest BCUT2D eigenvalue weighted by atomic mass is 10.3. The minimum absolute atomic E-state index is 0.509. The predicted molar refractivity (Wildman–Crippen MR) is 81.7 cm³/mol. The molecular weight excluding hydrogens is 272 g/mol. The van der Waals surface area contributed by atoms with E-state index < -0.39 is 0 Å². The van der Waals surface area contributed by atoms with Crippen molar-refractivity contribution in [3.63, 3.8) is 0 Å². The molecule has 0 saturated heterocycles. The Labute approximate surface area is 123 Å². The standard InChI is InChI=1S/C13H20N6S/c1-4-14-13(15-7-11-10(2)5-6-20-11)16-8-12-17-9-18-19(12)3/h5-6,9H,4,7-8H2,1-3H3,(H2,14,15,16). The third kappa shape index (κ3) is 3.80. The highest BCUT2D eigenvalue weighted by Gasteiger charge is 2.03. The van der Waals surface area contributed by atoms with Crippen LogP contribution in [0.1, 0.15) is 23.2 Å². The average Bonchev–Trinajstić information content (AvgIpc) is 3.02. The molecule has 6 nitrogen and oxygen atoms in total. The fourth-order valence-electron chi connectivity index (χ4n) is 1.70. The monoisotopic (exact) mass is 292 g/mol. The number of aromatic nitrogens is 3. The summed E-state index contributed by atoms with van der Waals surface area (Å²) in [7, 11) is 1.87. The van der Waals surface area contributed by atoms with E-state index in [0.717, 1.165) is 24.9 Å². The molecule has 0 atom stereocenters.